The molecule has 0 fully saturated rings. The van der Waals surface area contributed by atoms with Crippen molar-refractivity contribution in [3.63, 3.8) is 0 Å². The molecule has 0 spiro atoms. The molecule has 1 atom stereocenters. The lowest BCUT2D eigenvalue weighted by atomic mass is 10.4. The van der Waals surface area contributed by atoms with Crippen LogP contribution in [0.1, 0.15) is 12.6 Å². The summed E-state index contributed by atoms with van der Waals surface area (Å²) in [5.74, 6) is -0.571. The first kappa shape index (κ1) is 12.7. The van der Waals surface area contributed by atoms with Gasteiger partial charge in [-0.3, -0.25) is 14.9 Å². The monoisotopic (exact) mass is 263 g/mol. The van der Waals surface area contributed by atoms with E-state index in [1.165, 1.54) is 6.92 Å². The normalized spacial score (nSPS) is 11.9. The molecule has 0 bridgehead atoms. The minimum Gasteiger partial charge on any atom is -0.332 e. The zero-order valence-electron chi connectivity index (χ0n) is 8.37. The Kier molecular flexibility index (Phi) is 4.51. The van der Waals surface area contributed by atoms with Gasteiger partial charge < -0.3 is 10.3 Å². The van der Waals surface area contributed by atoms with Gasteiger partial charge in [0.25, 0.3) is 0 Å². The van der Waals surface area contributed by atoms with Crippen LogP contribution in [-0.2, 0) is 11.3 Å². The number of thiazole rings is 1. The summed E-state index contributed by atoms with van der Waals surface area (Å²) < 4.78 is 0. The van der Waals surface area contributed by atoms with Crippen LogP contribution in [0.25, 0.3) is 0 Å². The number of aromatic amines is 1. The number of carbonyl (C=O) groups excluding carboxylic acids is 2. The van der Waals surface area contributed by atoms with Gasteiger partial charge in [0.2, 0.25) is 5.91 Å². The van der Waals surface area contributed by atoms with Crippen LogP contribution in [-0.4, -0.2) is 22.3 Å². The summed E-state index contributed by atoms with van der Waals surface area (Å²) in [4.78, 5) is 35.2. The third kappa shape index (κ3) is 4.03. The number of amides is 3. The van der Waals surface area contributed by atoms with E-state index in [-0.39, 0.29) is 11.4 Å². The number of nitrogens with one attached hydrogen (secondary N) is 3. The van der Waals surface area contributed by atoms with E-state index in [0.717, 1.165) is 11.3 Å². The molecule has 16 heavy (non-hydrogen) atoms. The van der Waals surface area contributed by atoms with E-state index >= 15 is 0 Å². The Morgan fingerprint density at radius 1 is 1.62 bits per heavy atom. The Morgan fingerprint density at radius 3 is 2.81 bits per heavy atom. The first-order valence-electron chi connectivity index (χ1n) is 4.38. The molecular formula is C8H10ClN3O3S. The molecule has 6 nitrogen and oxygen atoms in total. The summed E-state index contributed by atoms with van der Waals surface area (Å²) >= 11 is 6.46. The fourth-order valence-corrected chi connectivity index (χ4v) is 1.47. The van der Waals surface area contributed by atoms with Crippen molar-refractivity contribution in [3.8, 4) is 0 Å². The molecular weight excluding hydrogens is 254 g/mol. The van der Waals surface area contributed by atoms with Crippen molar-refractivity contribution < 1.29 is 9.59 Å². The highest BCUT2D eigenvalue weighted by Crippen LogP contribution is 1.95. The Hall–Kier alpha value is -1.34. The topological polar surface area (TPSA) is 91.1 Å². The fraction of sp³-hybridized carbons (Fsp3) is 0.375. The number of urea groups is 1. The maximum Gasteiger partial charge on any atom is 0.321 e. The standard InChI is InChI=1S/C8H10ClN3O3S/c1-4(9)6(13)12-7(14)10-2-5-3-16-8(15)11-5/h3-4H,2H2,1H3,(H,11,15)(H2,10,12,13,14). The highest BCUT2D eigenvalue weighted by molar-refractivity contribution is 7.07. The molecule has 1 heterocycles. The molecule has 0 aromatic carbocycles. The number of aromatic nitrogens is 1. The van der Waals surface area contributed by atoms with Crippen LogP contribution in [0.2, 0.25) is 0 Å². The van der Waals surface area contributed by atoms with Crippen LogP contribution in [0.5, 0.6) is 0 Å². The molecule has 1 aromatic rings. The van der Waals surface area contributed by atoms with Crippen molar-refractivity contribution in [1.82, 2.24) is 15.6 Å². The zero-order chi connectivity index (χ0) is 12.1. The minimum absolute atomic E-state index is 0.147. The molecule has 0 radical (unpaired) electrons. The average Bonchev–Trinajstić information content (AvgIpc) is 2.61. The summed E-state index contributed by atoms with van der Waals surface area (Å²) in [6.07, 6.45) is 0. The molecule has 1 aromatic heterocycles. The van der Waals surface area contributed by atoms with Crippen LogP contribution >= 0.6 is 22.9 Å². The van der Waals surface area contributed by atoms with Crippen LogP contribution in [0.3, 0.4) is 0 Å². The van der Waals surface area contributed by atoms with Crippen LogP contribution in [0, 0.1) is 0 Å². The molecule has 3 N–H and O–H groups in total. The van der Waals surface area contributed by atoms with Crippen LogP contribution < -0.4 is 15.5 Å². The quantitative estimate of drug-likeness (QED) is 0.689. The van der Waals surface area contributed by atoms with Gasteiger partial charge in [-0.25, -0.2) is 4.79 Å². The molecule has 0 saturated heterocycles. The molecule has 1 rings (SSSR count). The van der Waals surface area contributed by atoms with Crippen molar-refractivity contribution in [2.75, 3.05) is 0 Å². The maximum atomic E-state index is 11.1. The van der Waals surface area contributed by atoms with Crippen LogP contribution in [0.4, 0.5) is 4.79 Å². The summed E-state index contributed by atoms with van der Waals surface area (Å²) in [6, 6.07) is -0.649. The highest BCUT2D eigenvalue weighted by Gasteiger charge is 2.12. The van der Waals surface area contributed by atoms with Crippen molar-refractivity contribution >= 4 is 34.9 Å². The summed E-state index contributed by atoms with van der Waals surface area (Å²) in [5, 5.41) is 5.27. The number of hydrogen-bond donors (Lipinski definition) is 3. The third-order valence-corrected chi connectivity index (χ3v) is 2.52. The Labute approximate surface area is 100 Å². The summed E-state index contributed by atoms with van der Waals surface area (Å²) in [6.45, 7) is 1.61. The number of imide groups is 1. The van der Waals surface area contributed by atoms with Gasteiger partial charge in [-0.05, 0) is 6.92 Å². The van der Waals surface area contributed by atoms with Gasteiger partial charge in [0.15, 0.2) is 0 Å². The lowest BCUT2D eigenvalue weighted by Crippen LogP contribution is -2.41. The molecule has 8 heteroatoms. The Balaban J connectivity index is 2.36. The predicted octanol–water partition coefficient (Wildman–Crippen LogP) is 0.389. The minimum atomic E-state index is -0.772. The second-order valence-electron chi connectivity index (χ2n) is 2.96. The Morgan fingerprint density at radius 2 is 2.31 bits per heavy atom. The van der Waals surface area contributed by atoms with E-state index in [0.29, 0.717) is 5.69 Å². The first-order valence-corrected chi connectivity index (χ1v) is 5.70. The summed E-state index contributed by atoms with van der Waals surface area (Å²) in [7, 11) is 0. The molecule has 0 aliphatic rings. The van der Waals surface area contributed by atoms with Crippen LogP contribution in [0.15, 0.2) is 10.2 Å². The van der Waals surface area contributed by atoms with Gasteiger partial charge in [-0.1, -0.05) is 11.3 Å². The first-order chi connectivity index (χ1) is 7.49. The van der Waals surface area contributed by atoms with Gasteiger partial charge in [-0.2, -0.15) is 0 Å². The smallest absolute Gasteiger partial charge is 0.321 e. The summed E-state index contributed by atoms with van der Waals surface area (Å²) in [5.41, 5.74) is 0.580. The molecule has 0 aliphatic carbocycles. The van der Waals surface area contributed by atoms with Gasteiger partial charge in [-0.15, -0.1) is 11.6 Å². The van der Waals surface area contributed by atoms with E-state index in [9.17, 15) is 14.4 Å². The molecule has 3 amide bonds. The van der Waals surface area contributed by atoms with E-state index in [1.54, 1.807) is 5.38 Å². The lowest BCUT2D eigenvalue weighted by molar-refractivity contribution is -0.119. The number of carbonyl (C=O) groups is 2. The lowest BCUT2D eigenvalue weighted by Gasteiger charge is -2.06. The van der Waals surface area contributed by atoms with E-state index in [1.807, 2.05) is 5.32 Å². The van der Waals surface area contributed by atoms with Gasteiger partial charge in [0, 0.05) is 11.1 Å². The SMILES string of the molecule is CC(Cl)C(=O)NC(=O)NCc1csc(=O)[nH]1. The van der Waals surface area contributed by atoms with E-state index in [2.05, 4.69) is 10.3 Å². The molecule has 1 unspecified atom stereocenters. The number of hydrogen-bond acceptors (Lipinski definition) is 4. The number of rotatable bonds is 3. The molecule has 88 valence electrons. The largest absolute Gasteiger partial charge is 0.332 e. The number of alkyl halides is 1. The fourth-order valence-electron chi connectivity index (χ4n) is 0.832. The highest BCUT2D eigenvalue weighted by atomic mass is 35.5. The van der Waals surface area contributed by atoms with Crippen molar-refractivity contribution in [1.29, 1.82) is 0 Å². The average molecular weight is 264 g/mol. The van der Waals surface area contributed by atoms with Gasteiger partial charge in [0.05, 0.1) is 6.54 Å². The molecule has 0 aliphatic heterocycles. The number of H-pyrrole nitrogens is 1. The van der Waals surface area contributed by atoms with E-state index in [4.69, 9.17) is 11.6 Å². The second-order valence-corrected chi connectivity index (χ2v) is 4.46. The maximum absolute atomic E-state index is 11.1. The van der Waals surface area contributed by atoms with Gasteiger partial charge in [0.1, 0.15) is 5.38 Å². The third-order valence-electron chi connectivity index (χ3n) is 1.61. The predicted molar refractivity (Wildman–Crippen MR) is 60.6 cm³/mol. The number of halogens is 1. The van der Waals surface area contributed by atoms with Crippen molar-refractivity contribution in [3.05, 3.63) is 20.7 Å². The van der Waals surface area contributed by atoms with Gasteiger partial charge >= 0.3 is 10.9 Å². The molecule has 0 saturated carbocycles. The van der Waals surface area contributed by atoms with Crippen molar-refractivity contribution in [2.24, 2.45) is 0 Å². The zero-order valence-corrected chi connectivity index (χ0v) is 9.95. The Bertz CT molecular complexity index is 440. The van der Waals surface area contributed by atoms with E-state index < -0.39 is 17.3 Å². The van der Waals surface area contributed by atoms with Crippen molar-refractivity contribution in [2.45, 2.75) is 18.8 Å². The second kappa shape index (κ2) is 5.66.